The average molecular weight is 184 g/mol. The molecule has 76 valence electrons. The van der Waals surface area contributed by atoms with Gasteiger partial charge in [-0.25, -0.2) is 0 Å². The minimum Gasteiger partial charge on any atom is -0.390 e. The van der Waals surface area contributed by atoms with E-state index in [-0.39, 0.29) is 12.2 Å². The summed E-state index contributed by atoms with van der Waals surface area (Å²) in [5.74, 6) is 0.592. The Hall–Kier alpha value is -0.340. The highest BCUT2D eigenvalue weighted by atomic mass is 16.5. The van der Waals surface area contributed by atoms with Crippen molar-refractivity contribution in [3.05, 3.63) is 12.2 Å². The number of hydrogen-bond acceptors (Lipinski definition) is 2. The lowest BCUT2D eigenvalue weighted by Gasteiger charge is -2.22. The summed E-state index contributed by atoms with van der Waals surface area (Å²) in [6.07, 6.45) is 2.77. The zero-order valence-corrected chi connectivity index (χ0v) is 8.62. The van der Waals surface area contributed by atoms with Crippen LogP contribution in [0.5, 0.6) is 0 Å². The molecular weight excluding hydrogens is 164 g/mol. The molecule has 2 heteroatoms. The standard InChI is InChI=1S/C11H20O2/c1-4-13-11(9-5-6-9)10(12)7-8(2)3/h9-12H,2,4-7H2,1,3H3. The highest BCUT2D eigenvalue weighted by molar-refractivity contribution is 4.96. The third-order valence-corrected chi connectivity index (χ3v) is 2.38. The first-order valence-corrected chi connectivity index (χ1v) is 5.09. The summed E-state index contributed by atoms with van der Waals surface area (Å²) in [5.41, 5.74) is 1.03. The Labute approximate surface area is 80.6 Å². The maximum absolute atomic E-state index is 9.84. The first-order valence-electron chi connectivity index (χ1n) is 5.09. The SMILES string of the molecule is C=C(C)CC(O)C(OCC)C1CC1. The Bertz CT molecular complexity index is 173. The molecule has 1 saturated carbocycles. The lowest BCUT2D eigenvalue weighted by atomic mass is 10.0. The van der Waals surface area contributed by atoms with Crippen LogP contribution in [0.3, 0.4) is 0 Å². The zero-order chi connectivity index (χ0) is 9.84. The van der Waals surface area contributed by atoms with Crippen LogP contribution in [0.2, 0.25) is 0 Å². The van der Waals surface area contributed by atoms with Crippen LogP contribution < -0.4 is 0 Å². The molecule has 1 aliphatic carbocycles. The Morgan fingerprint density at radius 1 is 1.62 bits per heavy atom. The van der Waals surface area contributed by atoms with Crippen molar-refractivity contribution in [3.63, 3.8) is 0 Å². The van der Waals surface area contributed by atoms with Crippen molar-refractivity contribution in [1.82, 2.24) is 0 Å². The molecule has 0 spiro atoms. The molecule has 0 aliphatic heterocycles. The average Bonchev–Trinajstić information content (AvgIpc) is 2.81. The molecule has 13 heavy (non-hydrogen) atoms. The van der Waals surface area contributed by atoms with Crippen LogP contribution >= 0.6 is 0 Å². The van der Waals surface area contributed by atoms with Crippen LogP contribution in [0.4, 0.5) is 0 Å². The molecule has 0 aromatic heterocycles. The molecule has 1 fully saturated rings. The van der Waals surface area contributed by atoms with Gasteiger partial charge in [0.15, 0.2) is 0 Å². The highest BCUT2D eigenvalue weighted by Crippen LogP contribution is 2.36. The van der Waals surface area contributed by atoms with Crippen LogP contribution in [0.1, 0.15) is 33.1 Å². The highest BCUT2D eigenvalue weighted by Gasteiger charge is 2.36. The molecule has 0 heterocycles. The molecule has 0 saturated heterocycles. The quantitative estimate of drug-likeness (QED) is 0.641. The maximum atomic E-state index is 9.84. The summed E-state index contributed by atoms with van der Waals surface area (Å²) < 4.78 is 5.54. The van der Waals surface area contributed by atoms with Gasteiger partial charge in [0, 0.05) is 6.61 Å². The van der Waals surface area contributed by atoms with E-state index in [1.165, 1.54) is 12.8 Å². The van der Waals surface area contributed by atoms with Gasteiger partial charge in [0.2, 0.25) is 0 Å². The van der Waals surface area contributed by atoms with Crippen molar-refractivity contribution in [2.24, 2.45) is 5.92 Å². The third kappa shape index (κ3) is 3.49. The number of hydrogen-bond donors (Lipinski definition) is 1. The summed E-state index contributed by atoms with van der Waals surface area (Å²) in [7, 11) is 0. The topological polar surface area (TPSA) is 29.5 Å². The molecule has 0 radical (unpaired) electrons. The zero-order valence-electron chi connectivity index (χ0n) is 8.62. The molecule has 1 aliphatic rings. The lowest BCUT2D eigenvalue weighted by Crippen LogP contribution is -2.31. The van der Waals surface area contributed by atoms with Gasteiger partial charge in [0.05, 0.1) is 12.2 Å². The van der Waals surface area contributed by atoms with E-state index in [4.69, 9.17) is 4.74 Å². The summed E-state index contributed by atoms with van der Waals surface area (Å²) in [6, 6.07) is 0. The van der Waals surface area contributed by atoms with Crippen molar-refractivity contribution in [3.8, 4) is 0 Å². The van der Waals surface area contributed by atoms with Crippen molar-refractivity contribution in [2.75, 3.05) is 6.61 Å². The maximum Gasteiger partial charge on any atom is 0.0864 e. The van der Waals surface area contributed by atoms with E-state index in [1.807, 2.05) is 13.8 Å². The molecule has 2 atom stereocenters. The van der Waals surface area contributed by atoms with Gasteiger partial charge in [-0.3, -0.25) is 0 Å². The van der Waals surface area contributed by atoms with Crippen molar-refractivity contribution in [2.45, 2.75) is 45.3 Å². The molecular formula is C11H20O2. The fourth-order valence-corrected chi connectivity index (χ4v) is 1.65. The minimum absolute atomic E-state index is 0.0432. The third-order valence-electron chi connectivity index (χ3n) is 2.38. The predicted molar refractivity (Wildman–Crippen MR) is 53.6 cm³/mol. The van der Waals surface area contributed by atoms with E-state index in [0.29, 0.717) is 18.9 Å². The molecule has 1 rings (SSSR count). The van der Waals surface area contributed by atoms with E-state index >= 15 is 0 Å². The second kappa shape index (κ2) is 4.77. The second-order valence-electron chi connectivity index (χ2n) is 3.99. The van der Waals surface area contributed by atoms with Crippen LogP contribution in [-0.4, -0.2) is 23.9 Å². The van der Waals surface area contributed by atoms with Gasteiger partial charge in [0.25, 0.3) is 0 Å². The van der Waals surface area contributed by atoms with E-state index < -0.39 is 0 Å². The Kier molecular flexibility index (Phi) is 3.94. The number of rotatable bonds is 6. The van der Waals surface area contributed by atoms with Gasteiger partial charge in [0.1, 0.15) is 0 Å². The van der Waals surface area contributed by atoms with Crippen molar-refractivity contribution in [1.29, 1.82) is 0 Å². The van der Waals surface area contributed by atoms with Crippen molar-refractivity contribution >= 4 is 0 Å². The number of ether oxygens (including phenoxy) is 1. The van der Waals surface area contributed by atoms with Gasteiger partial charge in [-0.2, -0.15) is 0 Å². The molecule has 0 bridgehead atoms. The normalized spacial score (nSPS) is 21.2. The number of aliphatic hydroxyl groups excluding tert-OH is 1. The van der Waals surface area contributed by atoms with Gasteiger partial charge in [-0.1, -0.05) is 5.57 Å². The van der Waals surface area contributed by atoms with Gasteiger partial charge < -0.3 is 9.84 Å². The van der Waals surface area contributed by atoms with Gasteiger partial charge in [-0.05, 0) is 39.0 Å². The van der Waals surface area contributed by atoms with Crippen LogP contribution in [0, 0.1) is 5.92 Å². The number of aliphatic hydroxyl groups is 1. The first kappa shape index (κ1) is 10.7. The van der Waals surface area contributed by atoms with E-state index in [1.54, 1.807) is 0 Å². The molecule has 2 nitrogen and oxygen atoms in total. The fraction of sp³-hybridized carbons (Fsp3) is 0.818. The minimum atomic E-state index is -0.357. The summed E-state index contributed by atoms with van der Waals surface area (Å²) in [6.45, 7) is 8.41. The van der Waals surface area contributed by atoms with E-state index in [0.717, 1.165) is 5.57 Å². The van der Waals surface area contributed by atoms with Gasteiger partial charge >= 0.3 is 0 Å². The summed E-state index contributed by atoms with van der Waals surface area (Å²) in [4.78, 5) is 0. The summed E-state index contributed by atoms with van der Waals surface area (Å²) >= 11 is 0. The predicted octanol–water partition coefficient (Wildman–Crippen LogP) is 2.13. The summed E-state index contributed by atoms with van der Waals surface area (Å²) in [5, 5.41) is 9.84. The lowest BCUT2D eigenvalue weighted by molar-refractivity contribution is -0.0438. The van der Waals surface area contributed by atoms with Gasteiger partial charge in [-0.15, -0.1) is 6.58 Å². The second-order valence-corrected chi connectivity index (χ2v) is 3.99. The Balaban J connectivity index is 2.37. The smallest absolute Gasteiger partial charge is 0.0864 e. The van der Waals surface area contributed by atoms with E-state index in [2.05, 4.69) is 6.58 Å². The Morgan fingerprint density at radius 2 is 2.23 bits per heavy atom. The first-order chi connectivity index (χ1) is 6.15. The molecule has 2 unspecified atom stereocenters. The van der Waals surface area contributed by atoms with Crippen LogP contribution in [-0.2, 0) is 4.74 Å². The molecule has 1 N–H and O–H groups in total. The molecule has 0 aromatic carbocycles. The fourth-order valence-electron chi connectivity index (χ4n) is 1.65. The monoisotopic (exact) mass is 184 g/mol. The van der Waals surface area contributed by atoms with Crippen molar-refractivity contribution < 1.29 is 9.84 Å². The van der Waals surface area contributed by atoms with E-state index in [9.17, 15) is 5.11 Å². The van der Waals surface area contributed by atoms with Crippen LogP contribution in [0.15, 0.2) is 12.2 Å². The van der Waals surface area contributed by atoms with Crippen LogP contribution in [0.25, 0.3) is 0 Å². The molecule has 0 aromatic rings. The largest absolute Gasteiger partial charge is 0.390 e. The molecule has 0 amide bonds. The Morgan fingerprint density at radius 3 is 2.62 bits per heavy atom.